The van der Waals surface area contributed by atoms with Gasteiger partial charge < -0.3 is 14.7 Å². The maximum absolute atomic E-state index is 13.2. The number of aromatic hydroxyl groups is 1. The van der Waals surface area contributed by atoms with Crippen LogP contribution in [0, 0.1) is 0 Å². The Bertz CT molecular complexity index is 863. The average Bonchev–Trinajstić information content (AvgIpc) is 2.73. The topological polar surface area (TPSA) is 32.7 Å². The molecule has 0 fully saturated rings. The van der Waals surface area contributed by atoms with E-state index in [0.717, 1.165) is 30.9 Å². The second-order valence-corrected chi connectivity index (χ2v) is 7.68. The van der Waals surface area contributed by atoms with Crippen LogP contribution in [0.25, 0.3) is 11.0 Å². The van der Waals surface area contributed by atoms with Crippen molar-refractivity contribution in [3.63, 3.8) is 0 Å². The van der Waals surface area contributed by atoms with Gasteiger partial charge in [-0.3, -0.25) is 0 Å². The Hall–Kier alpha value is -2.12. The van der Waals surface area contributed by atoms with E-state index in [1.165, 1.54) is 23.9 Å². The summed E-state index contributed by atoms with van der Waals surface area (Å²) in [6.45, 7) is 0.892. The number of phenols is 1. The number of nitrogens with zero attached hydrogens (tertiary/aromatic N) is 1. The summed E-state index contributed by atoms with van der Waals surface area (Å²) in [4.78, 5) is 2.76. The van der Waals surface area contributed by atoms with Gasteiger partial charge in [-0.25, -0.2) is 0 Å². The van der Waals surface area contributed by atoms with Crippen LogP contribution < -0.4 is 4.74 Å². The number of fused-ring (bicyclic) bond motifs is 2. The van der Waals surface area contributed by atoms with Crippen LogP contribution >= 0.6 is 11.8 Å². The van der Waals surface area contributed by atoms with Crippen molar-refractivity contribution in [1.82, 2.24) is 4.90 Å². The average molecular weight is 395 g/mol. The van der Waals surface area contributed by atoms with Crippen LogP contribution in [0.15, 0.2) is 36.4 Å². The molecular weight excluding hydrogens is 375 g/mol. The number of alkyl halides is 3. The van der Waals surface area contributed by atoms with E-state index in [1.807, 2.05) is 14.1 Å². The number of thioether (sulfide) groups is 1. The second kappa shape index (κ2) is 7.86. The highest BCUT2D eigenvalue weighted by Gasteiger charge is 2.32. The van der Waals surface area contributed by atoms with Crippen molar-refractivity contribution in [3.05, 3.63) is 53.1 Å². The highest BCUT2D eigenvalue weighted by Crippen LogP contribution is 2.45. The number of benzene rings is 2. The third-order valence-corrected chi connectivity index (χ3v) is 5.22. The molecule has 3 rings (SSSR count). The standard InChI is InChI=1S/C20H20F3NO2S/c1-24(2)8-3-9-27-19-11-13-10-15(25)5-7-17(13)26-18-6-4-14(12-16(18)19)20(21,22)23/h4-7,10-12,25H,3,8-9H2,1-2H3. The molecule has 0 bridgehead atoms. The Morgan fingerprint density at radius 2 is 1.81 bits per heavy atom. The molecule has 3 nitrogen and oxygen atoms in total. The predicted octanol–water partition coefficient (Wildman–Crippen LogP) is 5.70. The maximum Gasteiger partial charge on any atom is 0.416 e. The molecule has 0 saturated carbocycles. The van der Waals surface area contributed by atoms with Gasteiger partial charge in [0.2, 0.25) is 0 Å². The summed E-state index contributed by atoms with van der Waals surface area (Å²) in [7, 11) is 3.96. The fourth-order valence-corrected chi connectivity index (χ4v) is 3.77. The van der Waals surface area contributed by atoms with Gasteiger partial charge in [0.25, 0.3) is 0 Å². The van der Waals surface area contributed by atoms with Crippen molar-refractivity contribution in [1.29, 1.82) is 0 Å². The Kier molecular flexibility index (Phi) is 5.72. The van der Waals surface area contributed by atoms with Crippen LogP contribution in [0.1, 0.15) is 23.1 Å². The molecule has 1 N–H and O–H groups in total. The van der Waals surface area contributed by atoms with Gasteiger partial charge in [0.15, 0.2) is 0 Å². The van der Waals surface area contributed by atoms with E-state index in [0.29, 0.717) is 27.5 Å². The molecule has 0 amide bonds. The summed E-state index contributed by atoms with van der Waals surface area (Å²) < 4.78 is 45.4. The molecule has 0 aromatic heterocycles. The molecule has 0 unspecified atom stereocenters. The van der Waals surface area contributed by atoms with Crippen LogP contribution in [-0.4, -0.2) is 36.4 Å². The minimum absolute atomic E-state index is 0.0764. The largest absolute Gasteiger partial charge is 0.508 e. The molecule has 1 heterocycles. The fraction of sp³-hybridized carbons (Fsp3) is 0.300. The molecule has 7 heteroatoms. The molecule has 0 spiro atoms. The Balaban J connectivity index is 2.00. The SMILES string of the molecule is CN(C)CCCSC1=Cc2cc(O)ccc2Oc2ccc(C(F)(F)F)cc21. The van der Waals surface area contributed by atoms with Gasteiger partial charge in [-0.2, -0.15) is 13.2 Å². The molecule has 0 saturated heterocycles. The number of hydrogen-bond donors (Lipinski definition) is 1. The quantitative estimate of drug-likeness (QED) is 0.659. The van der Waals surface area contributed by atoms with Gasteiger partial charge in [0.05, 0.1) is 5.56 Å². The summed E-state index contributed by atoms with van der Waals surface area (Å²) in [6.07, 6.45) is -1.74. The van der Waals surface area contributed by atoms with Crippen LogP contribution in [0.3, 0.4) is 0 Å². The lowest BCUT2D eigenvalue weighted by molar-refractivity contribution is -0.137. The normalized spacial score (nSPS) is 13.5. The third-order valence-electron chi connectivity index (χ3n) is 4.08. The number of hydrogen-bond acceptors (Lipinski definition) is 4. The van der Waals surface area contributed by atoms with Crippen molar-refractivity contribution >= 4 is 22.7 Å². The van der Waals surface area contributed by atoms with Crippen molar-refractivity contribution < 1.29 is 23.0 Å². The van der Waals surface area contributed by atoms with Crippen LogP contribution in [0.5, 0.6) is 17.2 Å². The predicted molar refractivity (Wildman–Crippen MR) is 103 cm³/mol. The lowest BCUT2D eigenvalue weighted by Gasteiger charge is -2.15. The molecule has 2 aromatic rings. The Labute approximate surface area is 160 Å². The zero-order valence-corrected chi connectivity index (χ0v) is 15.8. The van der Waals surface area contributed by atoms with E-state index in [-0.39, 0.29) is 5.75 Å². The zero-order valence-electron chi connectivity index (χ0n) is 15.0. The first-order valence-electron chi connectivity index (χ1n) is 8.46. The van der Waals surface area contributed by atoms with Crippen LogP contribution in [0.2, 0.25) is 0 Å². The number of phenolic OH excluding ortho intramolecular Hbond substituents is 1. The second-order valence-electron chi connectivity index (χ2n) is 6.55. The van der Waals surface area contributed by atoms with Crippen molar-refractivity contribution in [2.45, 2.75) is 12.6 Å². The maximum atomic E-state index is 13.2. The van der Waals surface area contributed by atoms with Crippen molar-refractivity contribution in [2.24, 2.45) is 0 Å². The molecule has 0 radical (unpaired) electrons. The minimum atomic E-state index is -4.42. The first-order valence-corrected chi connectivity index (χ1v) is 9.44. The van der Waals surface area contributed by atoms with E-state index in [1.54, 1.807) is 18.2 Å². The van der Waals surface area contributed by atoms with Gasteiger partial charge in [-0.15, -0.1) is 11.8 Å². The number of ether oxygens (including phenoxy) is 1. The van der Waals surface area contributed by atoms with Gasteiger partial charge in [-0.1, -0.05) is 0 Å². The summed E-state index contributed by atoms with van der Waals surface area (Å²) in [5, 5.41) is 9.76. The molecule has 1 aliphatic heterocycles. The van der Waals surface area contributed by atoms with Crippen LogP contribution in [0.4, 0.5) is 13.2 Å². The molecule has 1 aliphatic rings. The molecule has 0 atom stereocenters. The summed E-state index contributed by atoms with van der Waals surface area (Å²) >= 11 is 1.49. The summed E-state index contributed by atoms with van der Waals surface area (Å²) in [5.41, 5.74) is 0.337. The Morgan fingerprint density at radius 3 is 2.52 bits per heavy atom. The molecular formula is C20H20F3NO2S. The first-order chi connectivity index (χ1) is 12.7. The molecule has 27 heavy (non-hydrogen) atoms. The van der Waals surface area contributed by atoms with E-state index < -0.39 is 11.7 Å². The van der Waals surface area contributed by atoms with E-state index in [9.17, 15) is 18.3 Å². The van der Waals surface area contributed by atoms with E-state index >= 15 is 0 Å². The van der Waals surface area contributed by atoms with Crippen LogP contribution in [-0.2, 0) is 6.18 Å². The van der Waals surface area contributed by atoms with Gasteiger partial charge in [-0.05, 0) is 75.3 Å². The monoisotopic (exact) mass is 395 g/mol. The van der Waals surface area contributed by atoms with Crippen molar-refractivity contribution in [3.8, 4) is 17.2 Å². The van der Waals surface area contributed by atoms with Gasteiger partial charge in [0, 0.05) is 16.0 Å². The smallest absolute Gasteiger partial charge is 0.416 e. The number of rotatable bonds is 5. The van der Waals surface area contributed by atoms with E-state index in [2.05, 4.69) is 4.90 Å². The highest BCUT2D eigenvalue weighted by atomic mass is 32.2. The molecule has 144 valence electrons. The third kappa shape index (κ3) is 4.78. The summed E-state index contributed by atoms with van der Waals surface area (Å²) in [6, 6.07) is 8.17. The lowest BCUT2D eigenvalue weighted by Crippen LogP contribution is -2.13. The zero-order chi connectivity index (χ0) is 19.6. The van der Waals surface area contributed by atoms with Crippen molar-refractivity contribution in [2.75, 3.05) is 26.4 Å². The first kappa shape index (κ1) is 19.6. The molecule has 2 aromatic carbocycles. The fourth-order valence-electron chi connectivity index (χ4n) is 2.75. The minimum Gasteiger partial charge on any atom is -0.508 e. The Morgan fingerprint density at radius 1 is 1.07 bits per heavy atom. The van der Waals surface area contributed by atoms with E-state index in [4.69, 9.17) is 4.74 Å². The molecule has 0 aliphatic carbocycles. The highest BCUT2D eigenvalue weighted by molar-refractivity contribution is 8.08. The number of halogens is 3. The summed E-state index contributed by atoms with van der Waals surface area (Å²) in [5.74, 6) is 1.71. The lowest BCUT2D eigenvalue weighted by atomic mass is 10.1. The van der Waals surface area contributed by atoms with Gasteiger partial charge >= 0.3 is 6.18 Å². The van der Waals surface area contributed by atoms with Gasteiger partial charge in [0.1, 0.15) is 17.2 Å².